The van der Waals surface area contributed by atoms with Crippen molar-refractivity contribution in [1.82, 2.24) is 15.2 Å². The molecule has 9 nitrogen and oxygen atoms in total. The lowest BCUT2D eigenvalue weighted by atomic mass is 10.1. The quantitative estimate of drug-likeness (QED) is 0.611. The molecule has 2 amide bonds. The number of nitrogens with zero attached hydrogens (tertiary/aromatic N) is 3. The SMILES string of the molecule is CCCCN(C)C(=O)c1cc(NC(C)=O)cnc1N1CCNCC1.O=C(O)C(F)(F)F. The number of alkyl halides is 3. The third-order valence-corrected chi connectivity index (χ3v) is 4.27. The highest BCUT2D eigenvalue weighted by Gasteiger charge is 2.38. The van der Waals surface area contributed by atoms with Crippen LogP contribution >= 0.6 is 0 Å². The van der Waals surface area contributed by atoms with Gasteiger partial charge in [-0.25, -0.2) is 9.78 Å². The summed E-state index contributed by atoms with van der Waals surface area (Å²) < 4.78 is 31.7. The lowest BCUT2D eigenvalue weighted by molar-refractivity contribution is -0.192. The van der Waals surface area contributed by atoms with E-state index in [4.69, 9.17) is 9.90 Å². The third-order valence-electron chi connectivity index (χ3n) is 4.27. The fourth-order valence-corrected chi connectivity index (χ4v) is 2.72. The van der Waals surface area contributed by atoms with E-state index in [9.17, 15) is 22.8 Å². The first-order valence-corrected chi connectivity index (χ1v) is 9.76. The van der Waals surface area contributed by atoms with E-state index >= 15 is 0 Å². The number of hydrogen-bond acceptors (Lipinski definition) is 6. The van der Waals surface area contributed by atoms with Gasteiger partial charge in [-0.15, -0.1) is 0 Å². The Balaban J connectivity index is 0.000000592. The van der Waals surface area contributed by atoms with Gasteiger partial charge in [0.25, 0.3) is 5.91 Å². The van der Waals surface area contributed by atoms with Gasteiger partial charge >= 0.3 is 12.1 Å². The van der Waals surface area contributed by atoms with E-state index in [1.54, 1.807) is 17.2 Å². The average Bonchev–Trinajstić information content (AvgIpc) is 2.71. The molecule has 1 aliphatic rings. The first-order valence-electron chi connectivity index (χ1n) is 9.76. The molecule has 0 aromatic carbocycles. The Hall–Kier alpha value is -2.89. The topological polar surface area (TPSA) is 115 Å². The second-order valence-corrected chi connectivity index (χ2v) is 6.90. The molecule has 0 unspecified atom stereocenters. The molecule has 0 spiro atoms. The van der Waals surface area contributed by atoms with E-state index in [0.717, 1.165) is 39.0 Å². The molecule has 0 saturated carbocycles. The van der Waals surface area contributed by atoms with Gasteiger partial charge in [-0.3, -0.25) is 9.59 Å². The number of carbonyl (C=O) groups is 3. The second-order valence-electron chi connectivity index (χ2n) is 6.90. The summed E-state index contributed by atoms with van der Waals surface area (Å²) in [4.78, 5) is 41.4. The molecule has 0 bridgehead atoms. The number of unbranched alkanes of at least 4 members (excludes halogenated alkanes) is 1. The van der Waals surface area contributed by atoms with Crippen molar-refractivity contribution in [1.29, 1.82) is 0 Å². The lowest BCUT2D eigenvalue weighted by Gasteiger charge is -2.30. The van der Waals surface area contributed by atoms with Gasteiger partial charge in [0.15, 0.2) is 0 Å². The number of aromatic nitrogens is 1. The van der Waals surface area contributed by atoms with Crippen molar-refractivity contribution in [2.75, 3.05) is 50.0 Å². The Bertz CT molecular complexity index is 767. The van der Waals surface area contributed by atoms with E-state index in [-0.39, 0.29) is 11.8 Å². The minimum Gasteiger partial charge on any atom is -0.475 e. The van der Waals surface area contributed by atoms with Gasteiger partial charge < -0.3 is 25.5 Å². The predicted octanol–water partition coefficient (Wildman–Crippen LogP) is 1.96. The van der Waals surface area contributed by atoms with E-state index in [0.29, 0.717) is 23.6 Å². The normalized spacial score (nSPS) is 13.7. The largest absolute Gasteiger partial charge is 0.490 e. The van der Waals surface area contributed by atoms with Gasteiger partial charge in [0.1, 0.15) is 5.82 Å². The van der Waals surface area contributed by atoms with Crippen LogP contribution in [0, 0.1) is 0 Å². The monoisotopic (exact) mass is 447 g/mol. The molecule has 0 atom stereocenters. The minimum atomic E-state index is -5.08. The van der Waals surface area contributed by atoms with Crippen LogP contribution in [0.2, 0.25) is 0 Å². The molecule has 1 aliphatic heterocycles. The van der Waals surface area contributed by atoms with Crippen LogP contribution in [-0.2, 0) is 9.59 Å². The van der Waals surface area contributed by atoms with Crippen molar-refractivity contribution >= 4 is 29.3 Å². The Morgan fingerprint density at radius 2 is 1.87 bits per heavy atom. The summed E-state index contributed by atoms with van der Waals surface area (Å²) in [7, 11) is 1.81. The Morgan fingerprint density at radius 3 is 2.35 bits per heavy atom. The number of rotatable bonds is 6. The predicted molar refractivity (Wildman–Crippen MR) is 109 cm³/mol. The summed E-state index contributed by atoms with van der Waals surface area (Å²) in [6.07, 6.45) is -1.47. The first-order chi connectivity index (χ1) is 14.5. The standard InChI is InChI=1S/C17H27N5O2.C2HF3O2/c1-4-5-8-21(3)17(24)15-11-14(20-13(2)23)12-19-16(15)22-9-6-18-7-10-22;3-2(4,5)1(6)7/h11-12,18H,4-10H2,1-3H3,(H,20,23);(H,6,7). The van der Waals surface area contributed by atoms with Crippen LogP contribution in [0.5, 0.6) is 0 Å². The Kier molecular flexibility index (Phi) is 10.2. The van der Waals surface area contributed by atoms with Crippen molar-refractivity contribution < 1.29 is 32.7 Å². The highest BCUT2D eigenvalue weighted by atomic mass is 19.4. The lowest BCUT2D eigenvalue weighted by Crippen LogP contribution is -2.45. The number of hydrogen-bond donors (Lipinski definition) is 3. The minimum absolute atomic E-state index is 0.0586. The number of pyridine rings is 1. The van der Waals surface area contributed by atoms with Crippen molar-refractivity contribution in [3.63, 3.8) is 0 Å². The summed E-state index contributed by atoms with van der Waals surface area (Å²) in [6, 6.07) is 1.73. The molecule has 12 heteroatoms. The van der Waals surface area contributed by atoms with Gasteiger partial charge in [0.05, 0.1) is 17.4 Å². The van der Waals surface area contributed by atoms with Crippen LogP contribution in [0.25, 0.3) is 0 Å². The number of carbonyl (C=O) groups excluding carboxylic acids is 2. The highest BCUT2D eigenvalue weighted by Crippen LogP contribution is 2.23. The maximum atomic E-state index is 12.9. The number of halogens is 3. The van der Waals surface area contributed by atoms with Gasteiger partial charge in [-0.05, 0) is 12.5 Å². The summed E-state index contributed by atoms with van der Waals surface area (Å²) in [6.45, 7) is 7.61. The fraction of sp³-hybridized carbons (Fsp3) is 0.579. The van der Waals surface area contributed by atoms with Crippen molar-refractivity contribution in [2.24, 2.45) is 0 Å². The summed E-state index contributed by atoms with van der Waals surface area (Å²) in [5.41, 5.74) is 1.09. The number of amides is 2. The summed E-state index contributed by atoms with van der Waals surface area (Å²) in [5.74, 6) is -2.30. The van der Waals surface area contributed by atoms with Crippen LogP contribution in [0.1, 0.15) is 37.0 Å². The van der Waals surface area contributed by atoms with Crippen molar-refractivity contribution in [2.45, 2.75) is 32.9 Å². The zero-order chi connectivity index (χ0) is 23.6. The molecule has 2 heterocycles. The number of nitrogens with one attached hydrogen (secondary N) is 2. The molecular formula is C19H28F3N5O4. The number of aliphatic carboxylic acids is 1. The molecule has 3 N–H and O–H groups in total. The van der Waals surface area contributed by atoms with E-state index in [1.807, 2.05) is 7.05 Å². The maximum Gasteiger partial charge on any atom is 0.490 e. The molecule has 0 aliphatic carbocycles. The first kappa shape index (κ1) is 26.1. The Labute approximate surface area is 178 Å². The molecule has 2 rings (SSSR count). The molecule has 1 fully saturated rings. The molecule has 1 aromatic rings. The van der Waals surface area contributed by atoms with E-state index in [2.05, 4.69) is 27.4 Å². The van der Waals surface area contributed by atoms with Gasteiger partial charge in [0, 0.05) is 46.7 Å². The van der Waals surface area contributed by atoms with Gasteiger partial charge in [-0.2, -0.15) is 13.2 Å². The number of carboxylic acid groups (broad SMARTS) is 1. The maximum absolute atomic E-state index is 12.9. The van der Waals surface area contributed by atoms with E-state index in [1.165, 1.54) is 6.92 Å². The average molecular weight is 447 g/mol. The highest BCUT2D eigenvalue weighted by molar-refractivity contribution is 6.00. The number of carboxylic acids is 1. The summed E-state index contributed by atoms with van der Waals surface area (Å²) in [5, 5.41) is 13.1. The number of piperazine rings is 1. The van der Waals surface area contributed by atoms with Crippen LogP contribution in [-0.4, -0.2) is 78.7 Å². The van der Waals surface area contributed by atoms with Crippen molar-refractivity contribution in [3.8, 4) is 0 Å². The van der Waals surface area contributed by atoms with Gasteiger partial charge in [-0.1, -0.05) is 13.3 Å². The van der Waals surface area contributed by atoms with Crippen LogP contribution in [0.15, 0.2) is 12.3 Å². The number of anilines is 2. The van der Waals surface area contributed by atoms with Gasteiger partial charge in [0.2, 0.25) is 5.91 Å². The van der Waals surface area contributed by atoms with Crippen LogP contribution < -0.4 is 15.5 Å². The third kappa shape index (κ3) is 8.79. The van der Waals surface area contributed by atoms with Crippen LogP contribution in [0.3, 0.4) is 0 Å². The molecule has 0 radical (unpaired) electrons. The fourth-order valence-electron chi connectivity index (χ4n) is 2.72. The molecular weight excluding hydrogens is 419 g/mol. The Morgan fingerprint density at radius 1 is 1.29 bits per heavy atom. The zero-order valence-electron chi connectivity index (χ0n) is 17.8. The van der Waals surface area contributed by atoms with Crippen LogP contribution in [0.4, 0.5) is 24.7 Å². The molecule has 174 valence electrons. The van der Waals surface area contributed by atoms with E-state index < -0.39 is 12.1 Å². The van der Waals surface area contributed by atoms with Crippen molar-refractivity contribution in [3.05, 3.63) is 17.8 Å². The zero-order valence-corrected chi connectivity index (χ0v) is 17.8. The molecule has 1 saturated heterocycles. The second kappa shape index (κ2) is 12.1. The molecule has 31 heavy (non-hydrogen) atoms. The molecule has 1 aromatic heterocycles. The summed E-state index contributed by atoms with van der Waals surface area (Å²) >= 11 is 0. The smallest absolute Gasteiger partial charge is 0.475 e.